The van der Waals surface area contributed by atoms with Gasteiger partial charge in [0.15, 0.2) is 25.3 Å². The number of aromatic nitrogens is 4. The van der Waals surface area contributed by atoms with Gasteiger partial charge in [-0.05, 0) is 71.2 Å². The number of ether oxygens (including phenoxy) is 4. The number of hydrogen-bond donors (Lipinski definition) is 1. The van der Waals surface area contributed by atoms with E-state index in [9.17, 15) is 9.59 Å². The molecular formula is C46H51N5O7SSi. The van der Waals surface area contributed by atoms with Crippen molar-refractivity contribution >= 4 is 48.9 Å². The quantitative estimate of drug-likeness (QED) is 0.0639. The lowest BCUT2D eigenvalue weighted by Crippen LogP contribution is -2.50. The predicted octanol–water partition coefficient (Wildman–Crippen LogP) is 9.04. The molecule has 12 nitrogen and oxygen atoms in total. The first-order valence-corrected chi connectivity index (χ1v) is 23.6. The van der Waals surface area contributed by atoms with Crippen LogP contribution in [0.5, 0.6) is 11.5 Å². The molecule has 0 aliphatic carbocycles. The van der Waals surface area contributed by atoms with E-state index in [2.05, 4.69) is 61.3 Å². The normalized spacial score (nSPS) is 18.3. The van der Waals surface area contributed by atoms with Gasteiger partial charge in [0.1, 0.15) is 41.0 Å². The summed E-state index contributed by atoms with van der Waals surface area (Å²) in [5, 5.41) is 1.85. The Morgan fingerprint density at radius 3 is 1.88 bits per heavy atom. The monoisotopic (exact) mass is 845 g/mol. The van der Waals surface area contributed by atoms with Crippen molar-refractivity contribution in [3.05, 3.63) is 144 Å². The number of fused-ring (bicyclic) bond motifs is 1. The largest absolute Gasteiger partial charge is 0.497 e. The third kappa shape index (κ3) is 8.55. The molecule has 0 bridgehead atoms. The Kier molecular flexibility index (Phi) is 12.5. The van der Waals surface area contributed by atoms with Gasteiger partial charge in [0, 0.05) is 12.5 Å². The molecule has 1 aliphatic rings. The van der Waals surface area contributed by atoms with Crippen LogP contribution in [-0.4, -0.2) is 78.0 Å². The third-order valence-electron chi connectivity index (χ3n) is 11.4. The van der Waals surface area contributed by atoms with Gasteiger partial charge in [0.25, 0.3) is 5.91 Å². The van der Waals surface area contributed by atoms with Crippen LogP contribution in [-0.2, 0) is 24.3 Å². The molecule has 1 amide bonds. The van der Waals surface area contributed by atoms with Gasteiger partial charge in [-0.3, -0.25) is 14.2 Å². The van der Waals surface area contributed by atoms with Gasteiger partial charge in [-0.1, -0.05) is 93.6 Å². The summed E-state index contributed by atoms with van der Waals surface area (Å²) in [5.41, 5.74) is 2.93. The number of carbonyl (C=O) groups excluding carboxylic acids is 2. The number of carbonyl (C=O) groups is 2. The number of anilines is 1. The van der Waals surface area contributed by atoms with Crippen molar-refractivity contribution in [1.29, 1.82) is 0 Å². The van der Waals surface area contributed by atoms with Crippen molar-refractivity contribution in [3.63, 3.8) is 0 Å². The highest BCUT2D eigenvalue weighted by atomic mass is 32.2. The lowest BCUT2D eigenvalue weighted by atomic mass is 9.80. The van der Waals surface area contributed by atoms with Crippen LogP contribution in [0.4, 0.5) is 5.82 Å². The standard InChI is InChI=1S/C46H51N5O7SSi/c1-30(52)57-39-37(27-56-46(32-17-13-10-14-18-32,33-19-23-35(54-5)24-20-33)34-21-25-36(55-6)26-22-34)59-44(40(39)58-60(7,8)45(2,3)4)51-29-49-38-41(47-28-48-42(38)51)50-43(53)31-15-11-9-12-16-31/h9-26,28-29,37,39-40,44H,27H2,1-8H3,(H,47,48,50,53)/t37-,39+,40-,44-/m1/s1. The van der Waals surface area contributed by atoms with Crippen molar-refractivity contribution in [2.45, 2.75) is 74.3 Å². The number of esters is 1. The Labute approximate surface area is 356 Å². The highest BCUT2D eigenvalue weighted by Gasteiger charge is 2.53. The van der Waals surface area contributed by atoms with Crippen LogP contribution < -0.4 is 14.8 Å². The number of methoxy groups -OCH3 is 2. The molecule has 0 saturated carbocycles. The number of imidazole rings is 1. The van der Waals surface area contributed by atoms with Gasteiger partial charge in [-0.2, -0.15) is 0 Å². The van der Waals surface area contributed by atoms with Crippen LogP contribution in [0.25, 0.3) is 11.2 Å². The van der Waals surface area contributed by atoms with Crippen molar-refractivity contribution in [1.82, 2.24) is 19.5 Å². The smallest absolute Gasteiger partial charge is 0.303 e. The first kappa shape index (κ1) is 42.6. The molecule has 7 rings (SSSR count). The van der Waals surface area contributed by atoms with E-state index in [4.69, 9.17) is 28.4 Å². The number of rotatable bonds is 14. The zero-order valence-corrected chi connectivity index (χ0v) is 36.9. The molecule has 1 saturated heterocycles. The molecule has 2 aromatic heterocycles. The number of amides is 1. The SMILES string of the molecule is COc1ccc(C(OC[C@H]2S[C@@H](n3cnc4c(NC(=O)c5ccccc5)ncnc43)[C@H](O[Si](C)(C)C(C)(C)C)[C@H]2OC(C)=O)(c2ccccc2)c2ccc(OC)cc2)cc1. The average Bonchev–Trinajstić information content (AvgIpc) is 3.82. The summed E-state index contributed by atoms with van der Waals surface area (Å²) < 4.78 is 34.0. The number of hydrogen-bond acceptors (Lipinski definition) is 11. The van der Waals surface area contributed by atoms with E-state index in [1.165, 1.54) is 13.3 Å². The van der Waals surface area contributed by atoms with E-state index < -0.39 is 42.7 Å². The first-order valence-electron chi connectivity index (χ1n) is 19.8. The Balaban J connectivity index is 1.33. The van der Waals surface area contributed by atoms with Crippen molar-refractivity contribution in [2.75, 3.05) is 26.1 Å². The summed E-state index contributed by atoms with van der Waals surface area (Å²) in [5.74, 6) is 0.954. The highest BCUT2D eigenvalue weighted by Crippen LogP contribution is 2.51. The number of nitrogens with zero attached hydrogens (tertiary/aromatic N) is 4. The molecule has 6 aromatic rings. The summed E-state index contributed by atoms with van der Waals surface area (Å²) in [4.78, 5) is 40.1. The topological polar surface area (TPSA) is 136 Å². The fraction of sp³-hybridized carbons (Fsp3) is 0.326. The molecular weight excluding hydrogens is 795 g/mol. The molecule has 0 radical (unpaired) electrons. The minimum Gasteiger partial charge on any atom is -0.497 e. The summed E-state index contributed by atoms with van der Waals surface area (Å²) >= 11 is 1.58. The van der Waals surface area contributed by atoms with Gasteiger partial charge >= 0.3 is 5.97 Å². The number of benzene rings is 4. The third-order valence-corrected chi connectivity index (χ3v) is 17.4. The maximum absolute atomic E-state index is 13.2. The van der Waals surface area contributed by atoms with Gasteiger partial charge in [0.2, 0.25) is 0 Å². The molecule has 14 heteroatoms. The number of thioether (sulfide) groups is 1. The molecule has 1 fully saturated rings. The van der Waals surface area contributed by atoms with E-state index in [1.54, 1.807) is 56.6 Å². The molecule has 1 N–H and O–H groups in total. The maximum atomic E-state index is 13.2. The number of nitrogens with one attached hydrogen (secondary N) is 1. The predicted molar refractivity (Wildman–Crippen MR) is 236 cm³/mol. The van der Waals surface area contributed by atoms with E-state index in [1.807, 2.05) is 77.4 Å². The van der Waals surface area contributed by atoms with Gasteiger partial charge in [-0.25, -0.2) is 15.0 Å². The van der Waals surface area contributed by atoms with Crippen LogP contribution in [0, 0.1) is 0 Å². The highest BCUT2D eigenvalue weighted by molar-refractivity contribution is 8.00. The van der Waals surface area contributed by atoms with E-state index >= 15 is 0 Å². The minimum atomic E-state index is -2.51. The summed E-state index contributed by atoms with van der Waals surface area (Å²) in [6.07, 6.45) is 1.74. The molecule has 0 spiro atoms. The summed E-state index contributed by atoms with van der Waals surface area (Å²) in [6.45, 7) is 12.5. The van der Waals surface area contributed by atoms with Crippen LogP contribution in [0.2, 0.25) is 18.1 Å². The summed E-state index contributed by atoms with van der Waals surface area (Å²) in [7, 11) is 0.768. The van der Waals surface area contributed by atoms with Crippen LogP contribution in [0.1, 0.15) is 60.1 Å². The van der Waals surface area contributed by atoms with Crippen LogP contribution in [0.3, 0.4) is 0 Å². The second-order valence-corrected chi connectivity index (χ2v) is 22.3. The van der Waals surface area contributed by atoms with E-state index in [0.29, 0.717) is 28.2 Å². The Morgan fingerprint density at radius 2 is 1.33 bits per heavy atom. The lowest BCUT2D eigenvalue weighted by molar-refractivity contribution is -0.152. The second-order valence-electron chi connectivity index (χ2n) is 16.2. The molecule has 312 valence electrons. The Morgan fingerprint density at radius 1 is 0.767 bits per heavy atom. The molecule has 60 heavy (non-hydrogen) atoms. The minimum absolute atomic E-state index is 0.142. The van der Waals surface area contributed by atoms with Gasteiger partial charge in [-0.15, -0.1) is 11.8 Å². The van der Waals surface area contributed by atoms with Crippen molar-refractivity contribution < 1.29 is 33.0 Å². The van der Waals surface area contributed by atoms with Crippen LogP contribution in [0.15, 0.2) is 122 Å². The van der Waals surface area contributed by atoms with Gasteiger partial charge < -0.3 is 28.7 Å². The Bertz CT molecular complexity index is 2360. The zero-order chi connectivity index (χ0) is 42.7. The fourth-order valence-corrected chi connectivity index (χ4v) is 10.1. The lowest BCUT2D eigenvalue weighted by Gasteiger charge is -2.41. The molecule has 4 atom stereocenters. The van der Waals surface area contributed by atoms with E-state index in [-0.39, 0.29) is 23.4 Å². The fourth-order valence-electron chi connectivity index (χ4n) is 7.22. The average molecular weight is 846 g/mol. The summed E-state index contributed by atoms with van der Waals surface area (Å²) in [6, 6.07) is 34.7. The Hall–Kier alpha value is -5.54. The second kappa shape index (κ2) is 17.6. The zero-order valence-electron chi connectivity index (χ0n) is 35.1. The van der Waals surface area contributed by atoms with Crippen LogP contribution >= 0.6 is 11.8 Å². The first-order chi connectivity index (χ1) is 28.8. The molecule has 4 aromatic carbocycles. The van der Waals surface area contributed by atoms with E-state index in [0.717, 1.165) is 16.7 Å². The van der Waals surface area contributed by atoms with Crippen molar-refractivity contribution in [2.24, 2.45) is 0 Å². The molecule has 1 aliphatic heterocycles. The van der Waals surface area contributed by atoms with Crippen molar-refractivity contribution in [3.8, 4) is 11.5 Å². The van der Waals surface area contributed by atoms with Gasteiger partial charge in [0.05, 0.1) is 32.4 Å². The molecule has 0 unspecified atom stereocenters. The maximum Gasteiger partial charge on any atom is 0.303 e. The molecule has 3 heterocycles.